The Morgan fingerprint density at radius 3 is 2.72 bits per heavy atom. The van der Waals surface area contributed by atoms with Crippen LogP contribution in [0.15, 0.2) is 28.8 Å². The molecule has 1 heterocycles. The van der Waals surface area contributed by atoms with Crippen molar-refractivity contribution in [3.05, 3.63) is 35.7 Å². The van der Waals surface area contributed by atoms with E-state index in [0.29, 0.717) is 22.8 Å². The fourth-order valence-corrected chi connectivity index (χ4v) is 3.56. The van der Waals surface area contributed by atoms with E-state index in [1.165, 1.54) is 19.3 Å². The zero-order valence-electron chi connectivity index (χ0n) is 15.3. The molecule has 0 aliphatic heterocycles. The Labute approximate surface area is 149 Å². The number of benzene rings is 1. The average Bonchev–Trinajstić information content (AvgIpc) is 3.19. The molecule has 25 heavy (non-hydrogen) atoms. The van der Waals surface area contributed by atoms with Gasteiger partial charge in [-0.15, -0.1) is 0 Å². The Bertz CT molecular complexity index is 719. The second kappa shape index (κ2) is 7.38. The molecule has 0 radical (unpaired) electrons. The van der Waals surface area contributed by atoms with Gasteiger partial charge >= 0.3 is 0 Å². The van der Waals surface area contributed by atoms with Gasteiger partial charge in [-0.1, -0.05) is 32.3 Å². The summed E-state index contributed by atoms with van der Waals surface area (Å²) in [4.78, 5) is 16.8. The Morgan fingerprint density at radius 2 is 2.08 bits per heavy atom. The van der Waals surface area contributed by atoms with Gasteiger partial charge in [0.1, 0.15) is 0 Å². The van der Waals surface area contributed by atoms with Crippen molar-refractivity contribution in [2.75, 3.05) is 6.54 Å². The van der Waals surface area contributed by atoms with Crippen LogP contribution >= 0.6 is 0 Å². The van der Waals surface area contributed by atoms with E-state index in [9.17, 15) is 4.79 Å². The summed E-state index contributed by atoms with van der Waals surface area (Å²) in [5.41, 5.74) is 1.82. The lowest BCUT2D eigenvalue weighted by molar-refractivity contribution is 0.0937. The highest BCUT2D eigenvalue weighted by atomic mass is 16.5. The average molecular weight is 341 g/mol. The first-order chi connectivity index (χ1) is 12.0. The number of aryl methyl sites for hydroxylation is 1. The van der Waals surface area contributed by atoms with E-state index in [-0.39, 0.29) is 5.91 Å². The van der Waals surface area contributed by atoms with Crippen LogP contribution in [0.5, 0.6) is 0 Å². The van der Waals surface area contributed by atoms with Crippen molar-refractivity contribution in [1.82, 2.24) is 15.5 Å². The van der Waals surface area contributed by atoms with Crippen LogP contribution in [0.25, 0.3) is 11.5 Å². The summed E-state index contributed by atoms with van der Waals surface area (Å²) < 4.78 is 5.28. The molecular weight excluding hydrogens is 314 g/mol. The van der Waals surface area contributed by atoms with Crippen LogP contribution in [0.2, 0.25) is 0 Å². The molecule has 1 N–H and O–H groups in total. The monoisotopic (exact) mass is 341 g/mol. The summed E-state index contributed by atoms with van der Waals surface area (Å²) in [6.45, 7) is 7.42. The molecule has 1 amide bonds. The van der Waals surface area contributed by atoms with Gasteiger partial charge in [-0.25, -0.2) is 0 Å². The number of nitrogens with one attached hydrogen (secondary N) is 1. The summed E-state index contributed by atoms with van der Waals surface area (Å²) in [6, 6.07) is 7.34. The lowest BCUT2D eigenvalue weighted by atomic mass is 9.82. The van der Waals surface area contributed by atoms with Crippen LogP contribution in [0.1, 0.15) is 62.6 Å². The van der Waals surface area contributed by atoms with Crippen LogP contribution in [0, 0.1) is 11.3 Å². The number of hydrogen-bond donors (Lipinski definition) is 1. The van der Waals surface area contributed by atoms with Crippen LogP contribution in [0.4, 0.5) is 0 Å². The Hall–Kier alpha value is -2.17. The van der Waals surface area contributed by atoms with E-state index in [1.807, 2.05) is 24.3 Å². The summed E-state index contributed by atoms with van der Waals surface area (Å²) in [5, 5.41) is 7.05. The van der Waals surface area contributed by atoms with Gasteiger partial charge in [-0.05, 0) is 54.9 Å². The molecule has 0 spiro atoms. The van der Waals surface area contributed by atoms with E-state index in [4.69, 9.17) is 4.52 Å². The number of rotatable bonds is 6. The van der Waals surface area contributed by atoms with Gasteiger partial charge in [-0.3, -0.25) is 4.79 Å². The van der Waals surface area contributed by atoms with Gasteiger partial charge in [0.2, 0.25) is 0 Å². The Morgan fingerprint density at radius 1 is 1.32 bits per heavy atom. The highest BCUT2D eigenvalue weighted by Crippen LogP contribution is 2.42. The Kier molecular flexibility index (Phi) is 5.21. The first-order valence-corrected chi connectivity index (χ1v) is 9.21. The van der Waals surface area contributed by atoms with E-state index < -0.39 is 0 Å². The predicted octanol–water partition coefficient (Wildman–Crippen LogP) is 4.25. The van der Waals surface area contributed by atoms with E-state index in [1.54, 1.807) is 0 Å². The first-order valence-electron chi connectivity index (χ1n) is 9.21. The van der Waals surface area contributed by atoms with Crippen molar-refractivity contribution in [1.29, 1.82) is 0 Å². The number of nitrogens with zero attached hydrogens (tertiary/aromatic N) is 2. The third-order valence-electron chi connectivity index (χ3n) is 5.32. The molecule has 5 heteroatoms. The molecule has 3 rings (SSSR count). The summed E-state index contributed by atoms with van der Waals surface area (Å²) in [6.07, 6.45) is 5.49. The van der Waals surface area contributed by atoms with Crippen molar-refractivity contribution in [2.24, 2.45) is 11.3 Å². The largest absolute Gasteiger partial charge is 0.352 e. The van der Waals surface area contributed by atoms with Crippen molar-refractivity contribution in [3.63, 3.8) is 0 Å². The molecule has 0 saturated heterocycles. The molecule has 0 unspecified atom stereocenters. The molecule has 5 nitrogen and oxygen atoms in total. The fraction of sp³-hybridized carbons (Fsp3) is 0.550. The molecule has 1 atom stereocenters. The van der Waals surface area contributed by atoms with Crippen LogP contribution in [-0.4, -0.2) is 22.6 Å². The molecule has 1 aromatic heterocycles. The topological polar surface area (TPSA) is 68.0 Å². The number of carbonyl (C=O) groups excluding carboxylic acids is 1. The second-order valence-corrected chi connectivity index (χ2v) is 7.63. The van der Waals surface area contributed by atoms with Crippen molar-refractivity contribution in [3.8, 4) is 11.5 Å². The SMILES string of the molecule is CCCc1noc(-c2ccc(C(=O)NC[C@@H]3CCCC3(C)C)cc2)n1. The minimum absolute atomic E-state index is 0.0218. The van der Waals surface area contributed by atoms with Crippen molar-refractivity contribution >= 4 is 5.91 Å². The predicted molar refractivity (Wildman–Crippen MR) is 97.2 cm³/mol. The number of aromatic nitrogens is 2. The van der Waals surface area contributed by atoms with Crippen molar-refractivity contribution in [2.45, 2.75) is 52.9 Å². The van der Waals surface area contributed by atoms with Crippen LogP contribution in [-0.2, 0) is 6.42 Å². The maximum atomic E-state index is 12.4. The third kappa shape index (κ3) is 4.09. The molecule has 1 aliphatic rings. The van der Waals surface area contributed by atoms with E-state index in [0.717, 1.165) is 30.8 Å². The minimum Gasteiger partial charge on any atom is -0.352 e. The van der Waals surface area contributed by atoms with Gasteiger partial charge in [-0.2, -0.15) is 4.98 Å². The van der Waals surface area contributed by atoms with Gasteiger partial charge in [0, 0.05) is 24.1 Å². The van der Waals surface area contributed by atoms with Gasteiger partial charge in [0.15, 0.2) is 5.82 Å². The summed E-state index contributed by atoms with van der Waals surface area (Å²) in [7, 11) is 0. The van der Waals surface area contributed by atoms with Crippen molar-refractivity contribution < 1.29 is 9.32 Å². The molecule has 2 aromatic rings. The molecule has 134 valence electrons. The minimum atomic E-state index is -0.0218. The second-order valence-electron chi connectivity index (χ2n) is 7.63. The first kappa shape index (κ1) is 17.6. The van der Waals surface area contributed by atoms with E-state index in [2.05, 4.69) is 36.2 Å². The number of amides is 1. The molecular formula is C20H27N3O2. The van der Waals surface area contributed by atoms with Gasteiger partial charge < -0.3 is 9.84 Å². The van der Waals surface area contributed by atoms with Gasteiger partial charge in [0.05, 0.1) is 0 Å². The lowest BCUT2D eigenvalue weighted by Crippen LogP contribution is -2.33. The fourth-order valence-electron chi connectivity index (χ4n) is 3.56. The van der Waals surface area contributed by atoms with Crippen LogP contribution < -0.4 is 5.32 Å². The Balaban J connectivity index is 1.60. The lowest BCUT2D eigenvalue weighted by Gasteiger charge is -2.27. The molecule has 1 saturated carbocycles. The van der Waals surface area contributed by atoms with E-state index >= 15 is 0 Å². The quantitative estimate of drug-likeness (QED) is 0.853. The zero-order valence-corrected chi connectivity index (χ0v) is 15.3. The maximum Gasteiger partial charge on any atom is 0.257 e. The highest BCUT2D eigenvalue weighted by Gasteiger charge is 2.34. The molecule has 0 bridgehead atoms. The van der Waals surface area contributed by atoms with Gasteiger partial charge in [0.25, 0.3) is 11.8 Å². The maximum absolute atomic E-state index is 12.4. The van der Waals surface area contributed by atoms with Crippen LogP contribution in [0.3, 0.4) is 0 Å². The highest BCUT2D eigenvalue weighted by molar-refractivity contribution is 5.94. The molecule has 1 fully saturated rings. The summed E-state index contributed by atoms with van der Waals surface area (Å²) >= 11 is 0. The smallest absolute Gasteiger partial charge is 0.257 e. The normalized spacial score (nSPS) is 19.1. The summed E-state index contributed by atoms with van der Waals surface area (Å²) in [5.74, 6) is 1.76. The number of carbonyl (C=O) groups is 1. The third-order valence-corrected chi connectivity index (χ3v) is 5.32. The number of hydrogen-bond acceptors (Lipinski definition) is 4. The molecule has 1 aromatic carbocycles. The zero-order chi connectivity index (χ0) is 17.9. The molecule has 1 aliphatic carbocycles. The standard InChI is InChI=1S/C20H27N3O2/c1-4-6-17-22-19(25-23-17)15-10-8-14(9-11-15)18(24)21-13-16-7-5-12-20(16,2)3/h8-11,16H,4-7,12-13H2,1-3H3,(H,21,24)/t16-/m0/s1.